The largest absolute Gasteiger partial charge is 0.456 e. The van der Waals surface area contributed by atoms with Gasteiger partial charge in [-0.15, -0.1) is 0 Å². The van der Waals surface area contributed by atoms with E-state index in [1.165, 1.54) is 24.3 Å². The van der Waals surface area contributed by atoms with Crippen LogP contribution in [0.4, 0.5) is 13.2 Å². The minimum Gasteiger partial charge on any atom is -0.456 e. The smallest absolute Gasteiger partial charge is 0.288 e. The molecule has 0 aliphatic rings. The minimum absolute atomic E-state index is 0.131. The van der Waals surface area contributed by atoms with Crippen molar-refractivity contribution in [3.63, 3.8) is 0 Å². The lowest BCUT2D eigenvalue weighted by Gasteiger charge is -2.09. The predicted octanol–water partition coefficient (Wildman–Crippen LogP) is 5.57. The quantitative estimate of drug-likeness (QED) is 0.657. The summed E-state index contributed by atoms with van der Waals surface area (Å²) in [7, 11) is 0. The molecule has 0 saturated heterocycles. The molecule has 0 spiro atoms. The number of ether oxygens (including phenoxy) is 1. The SMILES string of the molecule is N#Cc1cc(F)cc(Oc2ccc(SC(F)F)cc2Br)c1. The van der Waals surface area contributed by atoms with Gasteiger partial charge in [0.1, 0.15) is 17.3 Å². The summed E-state index contributed by atoms with van der Waals surface area (Å²) in [6.45, 7) is 0. The van der Waals surface area contributed by atoms with Crippen LogP contribution in [0.3, 0.4) is 0 Å². The van der Waals surface area contributed by atoms with Crippen molar-refractivity contribution in [1.82, 2.24) is 0 Å². The Labute approximate surface area is 131 Å². The van der Waals surface area contributed by atoms with E-state index in [9.17, 15) is 13.2 Å². The highest BCUT2D eigenvalue weighted by Crippen LogP contribution is 2.35. The molecule has 0 fully saturated rings. The van der Waals surface area contributed by atoms with Crippen molar-refractivity contribution in [2.24, 2.45) is 0 Å². The van der Waals surface area contributed by atoms with E-state index in [0.29, 0.717) is 26.9 Å². The number of rotatable bonds is 4. The Morgan fingerprint density at radius 1 is 1.19 bits per heavy atom. The summed E-state index contributed by atoms with van der Waals surface area (Å²) in [5, 5.41) is 8.77. The number of nitriles is 1. The highest BCUT2D eigenvalue weighted by atomic mass is 79.9. The first kappa shape index (κ1) is 15.7. The molecule has 0 amide bonds. The summed E-state index contributed by atoms with van der Waals surface area (Å²) >= 11 is 3.62. The third-order valence-electron chi connectivity index (χ3n) is 2.36. The maximum Gasteiger partial charge on any atom is 0.288 e. The monoisotopic (exact) mass is 373 g/mol. The number of alkyl halides is 2. The Kier molecular flexibility index (Phi) is 5.15. The van der Waals surface area contributed by atoms with Gasteiger partial charge in [0, 0.05) is 11.0 Å². The number of benzene rings is 2. The summed E-state index contributed by atoms with van der Waals surface area (Å²) in [6.07, 6.45) is 0. The molecule has 0 heterocycles. The molecule has 2 aromatic rings. The predicted molar refractivity (Wildman–Crippen MR) is 77.2 cm³/mol. The summed E-state index contributed by atoms with van der Waals surface area (Å²) < 4.78 is 43.8. The van der Waals surface area contributed by atoms with E-state index in [4.69, 9.17) is 10.00 Å². The van der Waals surface area contributed by atoms with Crippen LogP contribution in [0.15, 0.2) is 45.8 Å². The Morgan fingerprint density at radius 3 is 2.57 bits per heavy atom. The third-order valence-corrected chi connectivity index (χ3v) is 3.68. The second-order valence-electron chi connectivity index (χ2n) is 3.86. The molecule has 0 unspecified atom stereocenters. The van der Waals surface area contributed by atoms with Crippen molar-refractivity contribution < 1.29 is 17.9 Å². The molecule has 2 rings (SSSR count). The first-order valence-corrected chi connectivity index (χ1v) is 7.28. The summed E-state index contributed by atoms with van der Waals surface area (Å²) in [6, 6.07) is 9.88. The van der Waals surface area contributed by atoms with Crippen LogP contribution in [-0.4, -0.2) is 5.76 Å². The van der Waals surface area contributed by atoms with Crippen LogP contribution in [0.1, 0.15) is 5.56 Å². The molecule has 0 bridgehead atoms. The molecule has 108 valence electrons. The van der Waals surface area contributed by atoms with Crippen LogP contribution < -0.4 is 4.74 Å². The van der Waals surface area contributed by atoms with Crippen LogP contribution in [0, 0.1) is 17.1 Å². The van der Waals surface area contributed by atoms with Gasteiger partial charge in [-0.2, -0.15) is 14.0 Å². The molecule has 2 aromatic carbocycles. The number of halogens is 4. The van der Waals surface area contributed by atoms with Gasteiger partial charge in [0.25, 0.3) is 5.76 Å². The van der Waals surface area contributed by atoms with Crippen molar-refractivity contribution in [3.8, 4) is 17.6 Å². The maximum atomic E-state index is 13.3. The average Bonchev–Trinajstić information content (AvgIpc) is 2.40. The van der Waals surface area contributed by atoms with Gasteiger partial charge in [0.2, 0.25) is 0 Å². The highest BCUT2D eigenvalue weighted by molar-refractivity contribution is 9.10. The van der Waals surface area contributed by atoms with Crippen molar-refractivity contribution in [3.05, 3.63) is 52.3 Å². The second kappa shape index (κ2) is 6.87. The summed E-state index contributed by atoms with van der Waals surface area (Å²) in [5.41, 5.74) is 0.131. The third kappa shape index (κ3) is 4.41. The first-order valence-electron chi connectivity index (χ1n) is 5.61. The van der Waals surface area contributed by atoms with E-state index in [2.05, 4.69) is 15.9 Å². The zero-order chi connectivity index (χ0) is 15.4. The molecule has 0 aromatic heterocycles. The molecule has 0 aliphatic heterocycles. The van der Waals surface area contributed by atoms with Crippen molar-refractivity contribution in [2.45, 2.75) is 10.7 Å². The van der Waals surface area contributed by atoms with Gasteiger partial charge in [-0.05, 0) is 46.3 Å². The topological polar surface area (TPSA) is 33.0 Å². The van der Waals surface area contributed by atoms with Gasteiger partial charge < -0.3 is 4.74 Å². The number of thioether (sulfide) groups is 1. The van der Waals surface area contributed by atoms with Gasteiger partial charge in [-0.1, -0.05) is 11.8 Å². The van der Waals surface area contributed by atoms with Gasteiger partial charge in [-0.25, -0.2) is 4.39 Å². The molecule has 0 saturated carbocycles. The van der Waals surface area contributed by atoms with E-state index in [-0.39, 0.29) is 11.3 Å². The van der Waals surface area contributed by atoms with Gasteiger partial charge in [-0.3, -0.25) is 0 Å². The summed E-state index contributed by atoms with van der Waals surface area (Å²) in [4.78, 5) is 0.376. The molecular weight excluding hydrogens is 367 g/mol. The maximum absolute atomic E-state index is 13.3. The van der Waals surface area contributed by atoms with Crippen molar-refractivity contribution in [1.29, 1.82) is 5.26 Å². The molecule has 2 nitrogen and oxygen atoms in total. The lowest BCUT2D eigenvalue weighted by molar-refractivity contribution is 0.252. The molecule has 0 N–H and O–H groups in total. The number of hydrogen-bond donors (Lipinski definition) is 0. The van der Waals surface area contributed by atoms with Crippen LogP contribution >= 0.6 is 27.7 Å². The molecule has 7 heteroatoms. The van der Waals surface area contributed by atoms with Crippen LogP contribution in [0.2, 0.25) is 0 Å². The van der Waals surface area contributed by atoms with E-state index in [1.54, 1.807) is 0 Å². The van der Waals surface area contributed by atoms with E-state index >= 15 is 0 Å². The van der Waals surface area contributed by atoms with Crippen molar-refractivity contribution >= 4 is 27.7 Å². The standard InChI is InChI=1S/C14H7BrF3NOS/c15-12-6-11(21-14(17)18)1-2-13(12)20-10-4-8(7-19)3-9(16)5-10/h1-6,14H. The zero-order valence-electron chi connectivity index (χ0n) is 10.3. The fraction of sp³-hybridized carbons (Fsp3) is 0.0714. The number of hydrogen-bond acceptors (Lipinski definition) is 3. The molecule has 0 aliphatic carbocycles. The highest BCUT2D eigenvalue weighted by Gasteiger charge is 2.10. The van der Waals surface area contributed by atoms with Crippen LogP contribution in [0.25, 0.3) is 0 Å². The Bertz CT molecular complexity index is 703. The molecule has 0 radical (unpaired) electrons. The lowest BCUT2D eigenvalue weighted by atomic mass is 10.2. The number of nitrogens with zero attached hydrogens (tertiary/aromatic N) is 1. The van der Waals surface area contributed by atoms with Gasteiger partial charge in [0.05, 0.1) is 16.1 Å². The first-order chi connectivity index (χ1) is 9.97. The lowest BCUT2D eigenvalue weighted by Crippen LogP contribution is -1.89. The fourth-order valence-electron chi connectivity index (χ4n) is 1.55. The fourth-order valence-corrected chi connectivity index (χ4v) is 2.70. The van der Waals surface area contributed by atoms with Gasteiger partial charge >= 0.3 is 0 Å². The average molecular weight is 374 g/mol. The Hall–Kier alpha value is -1.65. The Morgan fingerprint density at radius 2 is 1.95 bits per heavy atom. The normalized spacial score (nSPS) is 10.5. The Balaban J connectivity index is 2.24. The minimum atomic E-state index is -2.51. The van der Waals surface area contributed by atoms with E-state index in [1.807, 2.05) is 6.07 Å². The van der Waals surface area contributed by atoms with Crippen LogP contribution in [-0.2, 0) is 0 Å². The zero-order valence-corrected chi connectivity index (χ0v) is 12.7. The molecule has 21 heavy (non-hydrogen) atoms. The van der Waals surface area contributed by atoms with Crippen LogP contribution in [0.5, 0.6) is 11.5 Å². The molecular formula is C14H7BrF3NOS. The second-order valence-corrected chi connectivity index (χ2v) is 5.78. The molecule has 0 atom stereocenters. The van der Waals surface area contributed by atoms with Gasteiger partial charge in [0.15, 0.2) is 0 Å². The van der Waals surface area contributed by atoms with E-state index < -0.39 is 11.6 Å². The summed E-state index contributed by atoms with van der Waals surface area (Å²) in [5.74, 6) is -2.61. The van der Waals surface area contributed by atoms with E-state index in [0.717, 1.165) is 12.1 Å². The van der Waals surface area contributed by atoms with Crippen molar-refractivity contribution in [2.75, 3.05) is 0 Å².